The van der Waals surface area contributed by atoms with Gasteiger partial charge in [0.25, 0.3) is 0 Å². The van der Waals surface area contributed by atoms with Crippen LogP contribution in [-0.2, 0) is 13.3 Å². The first-order valence-electron chi connectivity index (χ1n) is 16.5. The van der Waals surface area contributed by atoms with Crippen LogP contribution in [0.3, 0.4) is 0 Å². The Labute approximate surface area is 296 Å². The molecule has 0 unspecified atom stereocenters. The largest absolute Gasteiger partial charge is 0.650 e. The van der Waals surface area contributed by atoms with Gasteiger partial charge in [-0.3, -0.25) is 0 Å². The highest BCUT2D eigenvalue weighted by atomic mass is 31.1. The van der Waals surface area contributed by atoms with Crippen molar-refractivity contribution in [2.75, 3.05) is 0 Å². The smallest absolute Gasteiger partial charge is 0.354 e. The summed E-state index contributed by atoms with van der Waals surface area (Å²) in [4.78, 5) is 0. The minimum absolute atomic E-state index is 0.976. The van der Waals surface area contributed by atoms with Gasteiger partial charge in [0, 0.05) is 31.8 Å². The van der Waals surface area contributed by atoms with Crippen LogP contribution in [0.1, 0.15) is 33.4 Å². The Morgan fingerprint density at radius 1 is 0.265 bits per heavy atom. The molecule has 0 aliphatic carbocycles. The zero-order chi connectivity index (χ0) is 34.3. The maximum absolute atomic E-state index is 7.20. The Kier molecular flexibility index (Phi) is 11.9. The molecule has 6 aromatic rings. The summed E-state index contributed by atoms with van der Waals surface area (Å²) in [7, 11) is -4.88. The maximum Gasteiger partial charge on any atom is 0.650 e. The first kappa shape index (κ1) is 35.4. The molecule has 7 heteroatoms. The third kappa shape index (κ3) is 9.42. The fourth-order valence-electron chi connectivity index (χ4n) is 5.21. The summed E-state index contributed by atoms with van der Waals surface area (Å²) in [6.45, 7) is 12.7. The third-order valence-corrected chi connectivity index (χ3v) is 13.9. The van der Waals surface area contributed by atoms with Crippen LogP contribution < -0.4 is 31.8 Å². The monoisotopic (exact) mass is 698 g/mol. The summed E-state index contributed by atoms with van der Waals surface area (Å²) in [5.74, 6) is 0. The van der Waals surface area contributed by atoms with Crippen LogP contribution in [-0.4, -0.2) is 7.32 Å². The number of hydrogen-bond donors (Lipinski definition) is 0. The van der Waals surface area contributed by atoms with Gasteiger partial charge in [0.15, 0.2) is 0 Å². The van der Waals surface area contributed by atoms with Gasteiger partial charge in [-0.05, 0) is 41.5 Å². The Morgan fingerprint density at radius 2 is 0.408 bits per heavy atom. The van der Waals surface area contributed by atoms with Crippen LogP contribution in [0.4, 0.5) is 0 Å². The second-order valence-electron chi connectivity index (χ2n) is 12.5. The SMILES string of the molecule is Cc1ccc(P(OB(OP(c2ccc(C)cc2)c2ccc(C)cc2)OP(c2ccc(C)cc2)c2ccc(C)cc2)c2ccc(C)cc2)cc1. The van der Waals surface area contributed by atoms with E-state index in [1.807, 2.05) is 0 Å². The van der Waals surface area contributed by atoms with Crippen molar-refractivity contribution >= 4 is 63.6 Å². The second kappa shape index (κ2) is 16.5. The number of aryl methyl sites for hydroxylation is 6. The van der Waals surface area contributed by atoms with Crippen LogP contribution in [0.25, 0.3) is 0 Å². The molecule has 0 saturated heterocycles. The molecule has 0 amide bonds. The minimum Gasteiger partial charge on any atom is -0.354 e. The molecule has 0 saturated carbocycles. The Morgan fingerprint density at radius 3 is 0.551 bits per heavy atom. The van der Waals surface area contributed by atoms with Crippen molar-refractivity contribution in [2.24, 2.45) is 0 Å². The van der Waals surface area contributed by atoms with Crippen LogP contribution >= 0.6 is 24.4 Å². The van der Waals surface area contributed by atoms with Crippen LogP contribution in [0.15, 0.2) is 146 Å². The van der Waals surface area contributed by atoms with Gasteiger partial charge >= 0.3 is 7.32 Å². The lowest BCUT2D eigenvalue weighted by atomic mass is 10.2. The van der Waals surface area contributed by atoms with E-state index >= 15 is 0 Å². The molecule has 0 aromatic heterocycles. The van der Waals surface area contributed by atoms with E-state index in [-0.39, 0.29) is 0 Å². The van der Waals surface area contributed by atoms with Gasteiger partial charge in [0.2, 0.25) is 0 Å². The van der Waals surface area contributed by atoms with Gasteiger partial charge in [-0.1, -0.05) is 179 Å². The average molecular weight is 699 g/mol. The molecule has 0 heterocycles. The zero-order valence-electron chi connectivity index (χ0n) is 29.0. The Bertz CT molecular complexity index is 1560. The summed E-state index contributed by atoms with van der Waals surface area (Å²) < 4.78 is 21.6. The molecule has 0 bridgehead atoms. The van der Waals surface area contributed by atoms with Crippen molar-refractivity contribution in [2.45, 2.75) is 41.5 Å². The fraction of sp³-hybridized carbons (Fsp3) is 0.143. The first-order valence-corrected chi connectivity index (χ1v) is 20.3. The first-order chi connectivity index (χ1) is 23.7. The van der Waals surface area contributed by atoms with E-state index in [4.69, 9.17) is 13.3 Å². The average Bonchev–Trinajstić information content (AvgIpc) is 3.11. The molecule has 49 heavy (non-hydrogen) atoms. The van der Waals surface area contributed by atoms with Crippen molar-refractivity contribution in [1.82, 2.24) is 0 Å². The standard InChI is InChI=1S/C42H42BO3P3/c1-31-7-19-37(20-8-31)47(38-21-9-32(2)10-22-38)44-43(45-48(39-23-11-33(3)12-24-39)40-25-13-34(4)14-26-40)46-49(41-27-15-35(5)16-28-41)42-29-17-36(6)18-30-42/h7-30H,1-6H3. The molecule has 0 aliphatic heterocycles. The summed E-state index contributed by atoms with van der Waals surface area (Å²) >= 11 is 0. The second-order valence-corrected chi connectivity index (χ2v) is 18.0. The van der Waals surface area contributed by atoms with Gasteiger partial charge in [-0.2, -0.15) is 0 Å². The number of benzene rings is 6. The van der Waals surface area contributed by atoms with Gasteiger partial charge < -0.3 is 13.3 Å². The van der Waals surface area contributed by atoms with Gasteiger partial charge in [0.05, 0.1) is 24.4 Å². The van der Waals surface area contributed by atoms with Crippen molar-refractivity contribution in [3.63, 3.8) is 0 Å². The van der Waals surface area contributed by atoms with Gasteiger partial charge in [0.1, 0.15) is 0 Å². The molecular weight excluding hydrogens is 656 g/mol. The predicted octanol–water partition coefficient (Wildman–Crippen LogP) is 9.02. The molecule has 0 radical (unpaired) electrons. The van der Waals surface area contributed by atoms with Crippen molar-refractivity contribution in [3.05, 3.63) is 179 Å². The summed E-state index contributed by atoms with van der Waals surface area (Å²) in [6.07, 6.45) is 0. The molecule has 6 rings (SSSR count). The van der Waals surface area contributed by atoms with Crippen molar-refractivity contribution in [1.29, 1.82) is 0 Å². The molecule has 0 N–H and O–H groups in total. The molecule has 0 spiro atoms. The van der Waals surface area contributed by atoms with Crippen molar-refractivity contribution in [3.8, 4) is 0 Å². The van der Waals surface area contributed by atoms with Crippen LogP contribution in [0.5, 0.6) is 0 Å². The lowest BCUT2D eigenvalue weighted by Crippen LogP contribution is -2.32. The maximum atomic E-state index is 7.20. The molecule has 0 atom stereocenters. The highest BCUT2D eigenvalue weighted by Gasteiger charge is 2.36. The lowest BCUT2D eigenvalue weighted by molar-refractivity contribution is 0.362. The summed E-state index contributed by atoms with van der Waals surface area (Å²) in [5.41, 5.74) is 7.23. The molecule has 246 valence electrons. The lowest BCUT2D eigenvalue weighted by Gasteiger charge is -2.29. The fourth-order valence-corrected chi connectivity index (χ4v) is 10.3. The zero-order valence-corrected chi connectivity index (χ0v) is 31.7. The van der Waals surface area contributed by atoms with E-state index < -0.39 is 31.8 Å². The number of hydrogen-bond acceptors (Lipinski definition) is 3. The van der Waals surface area contributed by atoms with E-state index in [0.717, 1.165) is 31.8 Å². The van der Waals surface area contributed by atoms with E-state index in [1.54, 1.807) is 0 Å². The molecular formula is C42H42BO3P3. The molecule has 0 fully saturated rings. The minimum atomic E-state index is -1.30. The van der Waals surface area contributed by atoms with E-state index in [2.05, 4.69) is 187 Å². The molecule has 6 aromatic carbocycles. The highest BCUT2D eigenvalue weighted by Crippen LogP contribution is 2.46. The summed E-state index contributed by atoms with van der Waals surface area (Å²) in [5, 5.41) is 6.62. The van der Waals surface area contributed by atoms with E-state index in [0.29, 0.717) is 0 Å². The van der Waals surface area contributed by atoms with Gasteiger partial charge in [-0.15, -0.1) is 0 Å². The normalized spacial score (nSPS) is 11.4. The van der Waals surface area contributed by atoms with E-state index in [9.17, 15) is 0 Å². The Balaban J connectivity index is 1.47. The number of rotatable bonds is 12. The van der Waals surface area contributed by atoms with Crippen LogP contribution in [0, 0.1) is 41.5 Å². The van der Waals surface area contributed by atoms with E-state index in [1.165, 1.54) is 33.4 Å². The van der Waals surface area contributed by atoms with Gasteiger partial charge in [-0.25, -0.2) is 0 Å². The summed E-state index contributed by atoms with van der Waals surface area (Å²) in [6, 6.07) is 51.8. The highest BCUT2D eigenvalue weighted by molar-refractivity contribution is 7.72. The quantitative estimate of drug-likeness (QED) is 0.0944. The Hall–Kier alpha value is -3.45. The molecule has 0 aliphatic rings. The third-order valence-electron chi connectivity index (χ3n) is 8.19. The van der Waals surface area contributed by atoms with Crippen LogP contribution in [0.2, 0.25) is 0 Å². The topological polar surface area (TPSA) is 27.7 Å². The van der Waals surface area contributed by atoms with Crippen molar-refractivity contribution < 1.29 is 13.3 Å². The predicted molar refractivity (Wildman–Crippen MR) is 215 cm³/mol. The molecule has 3 nitrogen and oxygen atoms in total.